The van der Waals surface area contributed by atoms with Gasteiger partial charge in [0.25, 0.3) is 0 Å². The van der Waals surface area contributed by atoms with Crippen LogP contribution >= 0.6 is 0 Å². The number of rotatable bonds is 2. The lowest BCUT2D eigenvalue weighted by Crippen LogP contribution is -2.04. The van der Waals surface area contributed by atoms with Crippen LogP contribution in [0.15, 0.2) is 5.10 Å². The summed E-state index contributed by atoms with van der Waals surface area (Å²) < 4.78 is 14.7. The minimum absolute atomic E-state index is 0.580. The van der Waals surface area contributed by atoms with Crippen LogP contribution in [0.1, 0.15) is 24.5 Å². The Bertz CT molecular complexity index is 332. The SMILES string of the molecule is Cc1nnc(C)n1/N=C/C1(F)CC1. The molecule has 13 heavy (non-hydrogen) atoms. The third kappa shape index (κ3) is 1.59. The van der Waals surface area contributed by atoms with Gasteiger partial charge in [0.2, 0.25) is 0 Å². The second-order valence-electron chi connectivity index (χ2n) is 3.39. The van der Waals surface area contributed by atoms with Gasteiger partial charge in [0.05, 0.1) is 6.21 Å². The molecule has 1 heterocycles. The maximum Gasteiger partial charge on any atom is 0.151 e. The van der Waals surface area contributed by atoms with Crippen molar-refractivity contribution in [2.75, 3.05) is 0 Å². The van der Waals surface area contributed by atoms with Gasteiger partial charge in [-0.3, -0.25) is 0 Å². The molecule has 0 aliphatic heterocycles. The average Bonchev–Trinajstić information content (AvgIpc) is 2.72. The van der Waals surface area contributed by atoms with Crippen molar-refractivity contribution in [3.63, 3.8) is 0 Å². The first-order valence-electron chi connectivity index (χ1n) is 4.24. The monoisotopic (exact) mass is 182 g/mol. The standard InChI is InChI=1S/C8H11FN4/c1-6-11-12-7(2)13(6)10-5-8(9)3-4-8/h5H,3-4H2,1-2H3/b10-5+. The van der Waals surface area contributed by atoms with Crippen molar-refractivity contribution in [1.82, 2.24) is 14.9 Å². The molecule has 1 aliphatic carbocycles. The zero-order valence-electron chi connectivity index (χ0n) is 7.66. The van der Waals surface area contributed by atoms with E-state index >= 15 is 0 Å². The number of alkyl halides is 1. The molecule has 0 spiro atoms. The smallest absolute Gasteiger partial charge is 0.151 e. The van der Waals surface area contributed by atoms with Gasteiger partial charge in [-0.1, -0.05) is 0 Å². The molecule has 2 rings (SSSR count). The molecule has 0 amide bonds. The summed E-state index contributed by atoms with van der Waals surface area (Å²) >= 11 is 0. The summed E-state index contributed by atoms with van der Waals surface area (Å²) in [4.78, 5) is 0. The summed E-state index contributed by atoms with van der Waals surface area (Å²) in [6.07, 6.45) is 2.50. The van der Waals surface area contributed by atoms with E-state index < -0.39 is 5.67 Å². The largest absolute Gasteiger partial charge is 0.238 e. The summed E-state index contributed by atoms with van der Waals surface area (Å²) in [5, 5.41) is 11.6. The predicted molar refractivity (Wildman–Crippen MR) is 46.5 cm³/mol. The predicted octanol–water partition coefficient (Wildman–Crippen LogP) is 1.23. The average molecular weight is 182 g/mol. The molecule has 0 N–H and O–H groups in total. The van der Waals surface area contributed by atoms with Crippen LogP contribution in [0.3, 0.4) is 0 Å². The number of hydrogen-bond acceptors (Lipinski definition) is 3. The quantitative estimate of drug-likeness (QED) is 0.645. The third-order valence-electron chi connectivity index (χ3n) is 2.08. The van der Waals surface area contributed by atoms with E-state index in [1.807, 2.05) is 0 Å². The van der Waals surface area contributed by atoms with Gasteiger partial charge in [-0.15, -0.1) is 10.2 Å². The second kappa shape index (κ2) is 2.61. The summed E-state index contributed by atoms with van der Waals surface area (Å²) in [5.74, 6) is 1.36. The molecule has 5 heteroatoms. The van der Waals surface area contributed by atoms with E-state index in [-0.39, 0.29) is 0 Å². The van der Waals surface area contributed by atoms with Gasteiger partial charge in [0, 0.05) is 0 Å². The first kappa shape index (κ1) is 8.34. The lowest BCUT2D eigenvalue weighted by molar-refractivity contribution is 0.412. The molecule has 0 aromatic carbocycles. The van der Waals surface area contributed by atoms with Gasteiger partial charge < -0.3 is 0 Å². The minimum Gasteiger partial charge on any atom is -0.238 e. The summed E-state index contributed by atoms with van der Waals surface area (Å²) in [7, 11) is 0. The minimum atomic E-state index is -1.16. The van der Waals surface area contributed by atoms with Gasteiger partial charge in [-0.05, 0) is 26.7 Å². The fraction of sp³-hybridized carbons (Fsp3) is 0.625. The Morgan fingerprint density at radius 2 is 1.92 bits per heavy atom. The summed E-state index contributed by atoms with van der Waals surface area (Å²) in [5.41, 5.74) is -1.16. The van der Waals surface area contributed by atoms with Crippen molar-refractivity contribution in [3.8, 4) is 0 Å². The molecule has 0 atom stereocenters. The molecule has 0 saturated heterocycles. The molecule has 4 nitrogen and oxygen atoms in total. The molecular weight excluding hydrogens is 171 g/mol. The highest BCUT2D eigenvalue weighted by Crippen LogP contribution is 2.37. The Labute approximate surface area is 75.5 Å². The Morgan fingerprint density at radius 1 is 1.38 bits per heavy atom. The highest BCUT2D eigenvalue weighted by molar-refractivity contribution is 5.72. The van der Waals surface area contributed by atoms with Crippen LogP contribution < -0.4 is 0 Å². The summed E-state index contributed by atoms with van der Waals surface area (Å²) in [6, 6.07) is 0. The van der Waals surface area contributed by atoms with E-state index in [9.17, 15) is 4.39 Å². The highest BCUT2D eigenvalue weighted by Gasteiger charge is 2.41. The van der Waals surface area contributed by atoms with Crippen LogP contribution in [0.2, 0.25) is 0 Å². The first-order chi connectivity index (χ1) is 6.11. The molecule has 1 saturated carbocycles. The van der Waals surface area contributed by atoms with Crippen LogP contribution in [-0.4, -0.2) is 26.8 Å². The normalized spacial score (nSPS) is 19.6. The Morgan fingerprint density at radius 3 is 2.38 bits per heavy atom. The fourth-order valence-electron chi connectivity index (χ4n) is 1.04. The van der Waals surface area contributed by atoms with E-state index in [1.165, 1.54) is 6.21 Å². The number of aromatic nitrogens is 3. The van der Waals surface area contributed by atoms with Crippen molar-refractivity contribution in [1.29, 1.82) is 0 Å². The van der Waals surface area contributed by atoms with E-state index in [0.717, 1.165) is 0 Å². The van der Waals surface area contributed by atoms with Crippen LogP contribution in [0, 0.1) is 13.8 Å². The molecule has 1 aromatic rings. The van der Waals surface area contributed by atoms with E-state index in [1.54, 1.807) is 18.5 Å². The van der Waals surface area contributed by atoms with Crippen molar-refractivity contribution in [2.24, 2.45) is 5.10 Å². The molecule has 0 radical (unpaired) electrons. The molecule has 70 valence electrons. The first-order valence-corrected chi connectivity index (χ1v) is 4.24. The highest BCUT2D eigenvalue weighted by atomic mass is 19.1. The van der Waals surface area contributed by atoms with Gasteiger partial charge in [0.1, 0.15) is 5.67 Å². The van der Waals surface area contributed by atoms with Gasteiger partial charge in [-0.25, -0.2) is 9.07 Å². The molecular formula is C8H11FN4. The Kier molecular flexibility index (Phi) is 1.68. The number of hydrogen-bond donors (Lipinski definition) is 0. The lowest BCUT2D eigenvalue weighted by Gasteiger charge is -1.98. The van der Waals surface area contributed by atoms with Crippen LogP contribution in [-0.2, 0) is 0 Å². The molecule has 0 bridgehead atoms. The second-order valence-corrected chi connectivity index (χ2v) is 3.39. The molecule has 1 aromatic heterocycles. The van der Waals surface area contributed by atoms with Gasteiger partial charge in [0.15, 0.2) is 11.6 Å². The van der Waals surface area contributed by atoms with E-state index in [4.69, 9.17) is 0 Å². The number of nitrogens with zero attached hydrogens (tertiary/aromatic N) is 4. The lowest BCUT2D eigenvalue weighted by atomic mass is 10.4. The summed E-state index contributed by atoms with van der Waals surface area (Å²) in [6.45, 7) is 3.57. The van der Waals surface area contributed by atoms with Crippen molar-refractivity contribution < 1.29 is 4.39 Å². The van der Waals surface area contributed by atoms with Crippen LogP contribution in [0.5, 0.6) is 0 Å². The van der Waals surface area contributed by atoms with Crippen molar-refractivity contribution >= 4 is 6.21 Å². The van der Waals surface area contributed by atoms with E-state index in [0.29, 0.717) is 24.5 Å². The number of aryl methyl sites for hydroxylation is 2. The maximum atomic E-state index is 13.2. The topological polar surface area (TPSA) is 43.1 Å². The maximum absolute atomic E-state index is 13.2. The van der Waals surface area contributed by atoms with E-state index in [2.05, 4.69) is 15.3 Å². The Balaban J connectivity index is 2.21. The Hall–Kier alpha value is -1.26. The fourth-order valence-corrected chi connectivity index (χ4v) is 1.04. The number of halogens is 1. The van der Waals surface area contributed by atoms with Crippen LogP contribution in [0.4, 0.5) is 4.39 Å². The zero-order valence-corrected chi connectivity index (χ0v) is 7.66. The van der Waals surface area contributed by atoms with Crippen LogP contribution in [0.25, 0.3) is 0 Å². The van der Waals surface area contributed by atoms with Gasteiger partial charge in [-0.2, -0.15) is 5.10 Å². The van der Waals surface area contributed by atoms with Gasteiger partial charge >= 0.3 is 0 Å². The third-order valence-corrected chi connectivity index (χ3v) is 2.08. The molecule has 0 unspecified atom stereocenters. The van der Waals surface area contributed by atoms with Crippen molar-refractivity contribution in [3.05, 3.63) is 11.6 Å². The molecule has 1 fully saturated rings. The zero-order chi connectivity index (χ0) is 9.47. The van der Waals surface area contributed by atoms with Crippen molar-refractivity contribution in [2.45, 2.75) is 32.4 Å². The molecule has 1 aliphatic rings.